The first kappa shape index (κ1) is 13.0. The van der Waals surface area contributed by atoms with Crippen LogP contribution in [0.5, 0.6) is 0 Å². The van der Waals surface area contributed by atoms with Crippen LogP contribution in [0.3, 0.4) is 0 Å². The highest BCUT2D eigenvalue weighted by atomic mass is 32.1. The Morgan fingerprint density at radius 1 is 1.41 bits per heavy atom. The van der Waals surface area contributed by atoms with Gasteiger partial charge in [0.1, 0.15) is 0 Å². The molecule has 0 atom stereocenters. The predicted molar refractivity (Wildman–Crippen MR) is 73.7 cm³/mol. The molecule has 1 N–H and O–H groups in total. The maximum Gasteiger partial charge on any atom is 0.0928 e. The molecule has 1 aromatic heterocycles. The van der Waals surface area contributed by atoms with Crippen LogP contribution in [0, 0.1) is 6.92 Å². The van der Waals surface area contributed by atoms with Crippen molar-refractivity contribution >= 4 is 11.3 Å². The van der Waals surface area contributed by atoms with Crippen LogP contribution in [-0.4, -0.2) is 41.6 Å². The van der Waals surface area contributed by atoms with Crippen LogP contribution in [0.1, 0.15) is 31.0 Å². The van der Waals surface area contributed by atoms with Gasteiger partial charge in [0.15, 0.2) is 0 Å². The Kier molecular flexibility index (Phi) is 4.17. The first-order chi connectivity index (χ1) is 8.08. The molecule has 3 nitrogen and oxygen atoms in total. The summed E-state index contributed by atoms with van der Waals surface area (Å²) in [6, 6.07) is 0. The second kappa shape index (κ2) is 5.46. The van der Waals surface area contributed by atoms with E-state index in [1.165, 1.54) is 24.5 Å². The molecular weight excluding hydrogens is 230 g/mol. The van der Waals surface area contributed by atoms with Crippen LogP contribution in [-0.2, 0) is 6.42 Å². The van der Waals surface area contributed by atoms with E-state index < -0.39 is 0 Å². The van der Waals surface area contributed by atoms with E-state index in [0.717, 1.165) is 25.2 Å². The largest absolute Gasteiger partial charge is 0.314 e. The van der Waals surface area contributed by atoms with E-state index >= 15 is 0 Å². The Hall–Kier alpha value is -0.450. The van der Waals surface area contributed by atoms with Crippen molar-refractivity contribution in [1.29, 1.82) is 0 Å². The molecule has 0 spiro atoms. The van der Waals surface area contributed by atoms with E-state index in [9.17, 15) is 0 Å². The SMILES string of the molecule is Cc1csc(CCC(C)(C)N2CCNCC2)n1. The fourth-order valence-corrected chi connectivity index (χ4v) is 3.13. The number of piperazine rings is 1. The average Bonchev–Trinajstić information content (AvgIpc) is 2.74. The molecule has 0 saturated carbocycles. The molecule has 1 aromatic rings. The highest BCUT2D eigenvalue weighted by Gasteiger charge is 2.27. The fraction of sp³-hybridized carbons (Fsp3) is 0.769. The minimum atomic E-state index is 0.293. The van der Waals surface area contributed by atoms with Crippen LogP contribution < -0.4 is 5.32 Å². The Morgan fingerprint density at radius 3 is 2.71 bits per heavy atom. The van der Waals surface area contributed by atoms with Crippen molar-refractivity contribution in [1.82, 2.24) is 15.2 Å². The number of nitrogens with zero attached hydrogens (tertiary/aromatic N) is 2. The molecule has 0 unspecified atom stereocenters. The first-order valence-corrected chi connectivity index (χ1v) is 7.33. The van der Waals surface area contributed by atoms with Gasteiger partial charge in [-0.05, 0) is 27.2 Å². The second-order valence-electron chi connectivity index (χ2n) is 5.43. The summed E-state index contributed by atoms with van der Waals surface area (Å²) in [7, 11) is 0. The van der Waals surface area contributed by atoms with Gasteiger partial charge in [0.2, 0.25) is 0 Å². The molecule has 0 aliphatic carbocycles. The lowest BCUT2D eigenvalue weighted by Crippen LogP contribution is -2.53. The normalized spacial score (nSPS) is 18.5. The zero-order valence-electron chi connectivity index (χ0n) is 11.1. The van der Waals surface area contributed by atoms with E-state index in [1.54, 1.807) is 11.3 Å². The highest BCUT2D eigenvalue weighted by molar-refractivity contribution is 7.09. The summed E-state index contributed by atoms with van der Waals surface area (Å²) in [5.74, 6) is 0. The zero-order valence-corrected chi connectivity index (χ0v) is 11.9. The molecular formula is C13H23N3S. The molecule has 2 rings (SSSR count). The molecule has 1 aliphatic heterocycles. The Bertz CT molecular complexity index is 353. The summed E-state index contributed by atoms with van der Waals surface area (Å²) in [5, 5.41) is 6.84. The third kappa shape index (κ3) is 3.50. The van der Waals surface area contributed by atoms with Gasteiger partial charge < -0.3 is 5.32 Å². The van der Waals surface area contributed by atoms with Crippen molar-refractivity contribution in [2.24, 2.45) is 0 Å². The third-order valence-electron chi connectivity index (χ3n) is 3.59. The zero-order chi connectivity index (χ0) is 12.3. The van der Waals surface area contributed by atoms with E-state index in [-0.39, 0.29) is 0 Å². The molecule has 0 bridgehead atoms. The molecule has 4 heteroatoms. The number of thiazole rings is 1. The molecule has 0 amide bonds. The molecule has 17 heavy (non-hydrogen) atoms. The number of aromatic nitrogens is 1. The fourth-order valence-electron chi connectivity index (χ4n) is 2.36. The number of aryl methyl sites for hydroxylation is 2. The molecule has 1 fully saturated rings. The van der Waals surface area contributed by atoms with E-state index in [4.69, 9.17) is 0 Å². The van der Waals surface area contributed by atoms with E-state index in [1.807, 2.05) is 0 Å². The molecule has 0 radical (unpaired) electrons. The highest BCUT2D eigenvalue weighted by Crippen LogP contribution is 2.22. The molecule has 96 valence electrons. The molecule has 1 aliphatic rings. The number of hydrogen-bond acceptors (Lipinski definition) is 4. The summed E-state index contributed by atoms with van der Waals surface area (Å²) < 4.78 is 0. The summed E-state index contributed by atoms with van der Waals surface area (Å²) in [6.45, 7) is 11.4. The van der Waals surface area contributed by atoms with Gasteiger partial charge in [-0.15, -0.1) is 11.3 Å². The predicted octanol–water partition coefficient (Wildman–Crippen LogP) is 2.07. The van der Waals surface area contributed by atoms with Crippen LogP contribution in [0.25, 0.3) is 0 Å². The quantitative estimate of drug-likeness (QED) is 0.890. The van der Waals surface area contributed by atoms with Crippen molar-refractivity contribution in [2.75, 3.05) is 26.2 Å². The van der Waals surface area contributed by atoms with Gasteiger partial charge in [-0.2, -0.15) is 0 Å². The topological polar surface area (TPSA) is 28.2 Å². The smallest absolute Gasteiger partial charge is 0.0928 e. The van der Waals surface area contributed by atoms with Crippen LogP contribution in [0.2, 0.25) is 0 Å². The molecule has 0 aromatic carbocycles. The number of hydrogen-bond donors (Lipinski definition) is 1. The minimum absolute atomic E-state index is 0.293. The van der Waals surface area contributed by atoms with Gasteiger partial charge in [0.25, 0.3) is 0 Å². The minimum Gasteiger partial charge on any atom is -0.314 e. The van der Waals surface area contributed by atoms with Gasteiger partial charge in [-0.1, -0.05) is 0 Å². The lowest BCUT2D eigenvalue weighted by Gasteiger charge is -2.41. The van der Waals surface area contributed by atoms with Gasteiger partial charge in [-0.25, -0.2) is 4.98 Å². The Labute approximate surface area is 108 Å². The molecule has 2 heterocycles. The maximum atomic E-state index is 4.55. The van der Waals surface area contributed by atoms with Gasteiger partial charge >= 0.3 is 0 Å². The lowest BCUT2D eigenvalue weighted by atomic mass is 9.95. The van der Waals surface area contributed by atoms with Crippen LogP contribution >= 0.6 is 11.3 Å². The maximum absolute atomic E-state index is 4.55. The van der Waals surface area contributed by atoms with Gasteiger partial charge in [0, 0.05) is 49.2 Å². The van der Waals surface area contributed by atoms with Crippen LogP contribution in [0.15, 0.2) is 5.38 Å². The Morgan fingerprint density at radius 2 is 2.12 bits per heavy atom. The Balaban J connectivity index is 1.87. The number of nitrogens with one attached hydrogen (secondary N) is 1. The van der Waals surface area contributed by atoms with Crippen molar-refractivity contribution in [3.8, 4) is 0 Å². The summed E-state index contributed by atoms with van der Waals surface area (Å²) in [5.41, 5.74) is 1.45. The number of rotatable bonds is 4. The third-order valence-corrected chi connectivity index (χ3v) is 4.62. The average molecular weight is 253 g/mol. The second-order valence-corrected chi connectivity index (χ2v) is 6.37. The standard InChI is InChI=1S/C13H23N3S/c1-11-10-17-12(15-11)4-5-13(2,3)16-8-6-14-7-9-16/h10,14H,4-9H2,1-3H3. The van der Waals surface area contributed by atoms with Gasteiger partial charge in [-0.3, -0.25) is 4.90 Å². The summed E-state index contributed by atoms with van der Waals surface area (Å²) in [4.78, 5) is 7.15. The van der Waals surface area contributed by atoms with Crippen molar-refractivity contribution < 1.29 is 0 Å². The van der Waals surface area contributed by atoms with Crippen molar-refractivity contribution in [3.63, 3.8) is 0 Å². The van der Waals surface area contributed by atoms with Crippen molar-refractivity contribution in [3.05, 3.63) is 16.1 Å². The van der Waals surface area contributed by atoms with Gasteiger partial charge in [0.05, 0.1) is 5.01 Å². The van der Waals surface area contributed by atoms with E-state index in [0.29, 0.717) is 5.54 Å². The van der Waals surface area contributed by atoms with Crippen molar-refractivity contribution in [2.45, 2.75) is 39.2 Å². The lowest BCUT2D eigenvalue weighted by molar-refractivity contribution is 0.0959. The summed E-state index contributed by atoms with van der Waals surface area (Å²) in [6.07, 6.45) is 2.30. The first-order valence-electron chi connectivity index (χ1n) is 6.45. The monoisotopic (exact) mass is 253 g/mol. The summed E-state index contributed by atoms with van der Waals surface area (Å²) >= 11 is 1.79. The van der Waals surface area contributed by atoms with Crippen LogP contribution in [0.4, 0.5) is 0 Å². The molecule has 1 saturated heterocycles. The van der Waals surface area contributed by atoms with E-state index in [2.05, 4.69) is 41.4 Å².